The zero-order valence-corrected chi connectivity index (χ0v) is 6.44. The van der Waals surface area contributed by atoms with Gasteiger partial charge in [0.25, 0.3) is 5.91 Å². The molecule has 1 aromatic heterocycles. The minimum absolute atomic E-state index is 0.0937. The molecule has 3 nitrogen and oxygen atoms in total. The first kappa shape index (κ1) is 7.21. The number of hydrogen-bond acceptors (Lipinski definition) is 3. The summed E-state index contributed by atoms with van der Waals surface area (Å²) in [5.41, 5.74) is 2.15. The van der Waals surface area contributed by atoms with Crippen LogP contribution in [0.4, 0.5) is 0 Å². The number of amides is 1. The van der Waals surface area contributed by atoms with Crippen LogP contribution in [0.2, 0.25) is 0 Å². The minimum Gasteiger partial charge on any atom is -0.351 e. The Morgan fingerprint density at radius 1 is 1.90 bits per heavy atom. The van der Waals surface area contributed by atoms with Gasteiger partial charge in [-0.15, -0.1) is 11.3 Å². The summed E-state index contributed by atoms with van der Waals surface area (Å²) in [7, 11) is 0. The number of rotatable bonds is 2. The van der Waals surface area contributed by atoms with E-state index in [1.54, 1.807) is 10.9 Å². The van der Waals surface area contributed by atoms with Crippen molar-refractivity contribution in [1.29, 1.82) is 0 Å². The van der Waals surface area contributed by atoms with Gasteiger partial charge in [0.15, 0.2) is 0 Å². The fraction of sp³-hybridized carbons (Fsp3) is 0.333. The van der Waals surface area contributed by atoms with Gasteiger partial charge in [0.1, 0.15) is 5.69 Å². The van der Waals surface area contributed by atoms with Crippen molar-refractivity contribution in [1.82, 2.24) is 10.3 Å². The third kappa shape index (κ3) is 1.54. The first-order valence-electron chi connectivity index (χ1n) is 3.01. The van der Waals surface area contributed by atoms with Gasteiger partial charge < -0.3 is 5.32 Å². The van der Waals surface area contributed by atoms with Crippen molar-refractivity contribution < 1.29 is 4.79 Å². The molecule has 4 heteroatoms. The van der Waals surface area contributed by atoms with E-state index in [1.807, 2.05) is 6.92 Å². The van der Waals surface area contributed by atoms with E-state index in [9.17, 15) is 4.79 Å². The zero-order chi connectivity index (χ0) is 7.40. The Morgan fingerprint density at radius 2 is 2.70 bits per heavy atom. The van der Waals surface area contributed by atoms with Gasteiger partial charge >= 0.3 is 0 Å². The number of thiazole rings is 1. The topological polar surface area (TPSA) is 42.0 Å². The first-order valence-corrected chi connectivity index (χ1v) is 3.95. The average Bonchev–Trinajstić information content (AvgIpc) is 2.38. The van der Waals surface area contributed by atoms with Crippen LogP contribution < -0.4 is 5.32 Å². The molecule has 0 spiro atoms. The van der Waals surface area contributed by atoms with Gasteiger partial charge in [-0.2, -0.15) is 0 Å². The molecular weight excluding hydrogens is 148 g/mol. The molecule has 0 radical (unpaired) electrons. The third-order valence-corrected chi connectivity index (χ3v) is 1.59. The van der Waals surface area contributed by atoms with Crippen LogP contribution >= 0.6 is 11.3 Å². The Balaban J connectivity index is 2.59. The molecule has 0 aliphatic heterocycles. The van der Waals surface area contributed by atoms with E-state index in [4.69, 9.17) is 0 Å². The van der Waals surface area contributed by atoms with Crippen molar-refractivity contribution in [2.24, 2.45) is 0 Å². The molecule has 1 heterocycles. The second-order valence-electron chi connectivity index (χ2n) is 1.73. The lowest BCUT2D eigenvalue weighted by Gasteiger charge is -1.94. The summed E-state index contributed by atoms with van der Waals surface area (Å²) in [5, 5.41) is 4.38. The summed E-state index contributed by atoms with van der Waals surface area (Å²) in [4.78, 5) is 14.8. The van der Waals surface area contributed by atoms with Gasteiger partial charge in [-0.25, -0.2) is 4.98 Å². The lowest BCUT2D eigenvalue weighted by atomic mass is 10.4. The summed E-state index contributed by atoms with van der Waals surface area (Å²) >= 11 is 1.42. The van der Waals surface area contributed by atoms with Crippen LogP contribution in [0.5, 0.6) is 0 Å². The fourth-order valence-corrected chi connectivity index (χ4v) is 1.11. The number of aromatic nitrogens is 1. The molecule has 0 saturated heterocycles. The van der Waals surface area contributed by atoms with Crippen molar-refractivity contribution in [3.63, 3.8) is 0 Å². The molecule has 1 N–H and O–H groups in total. The quantitative estimate of drug-likeness (QED) is 0.691. The fourth-order valence-electron chi connectivity index (χ4n) is 0.576. The standard InChI is InChI=1S/C6H8N2OS/c1-2-7-6(9)5-3-10-4-8-5/h3-4H,2H2,1H3,(H,7,9). The van der Waals surface area contributed by atoms with Crippen molar-refractivity contribution in [3.05, 3.63) is 16.6 Å². The summed E-state index contributed by atoms with van der Waals surface area (Å²) in [6.07, 6.45) is 0. The summed E-state index contributed by atoms with van der Waals surface area (Å²) in [5.74, 6) is -0.0937. The Kier molecular flexibility index (Phi) is 2.39. The van der Waals surface area contributed by atoms with Crippen LogP contribution in [0, 0.1) is 0 Å². The highest BCUT2D eigenvalue weighted by atomic mass is 32.1. The highest BCUT2D eigenvalue weighted by Gasteiger charge is 2.03. The van der Waals surface area contributed by atoms with Crippen LogP contribution in [0.1, 0.15) is 17.4 Å². The molecule has 0 aliphatic carbocycles. The van der Waals surface area contributed by atoms with Gasteiger partial charge in [0.05, 0.1) is 5.51 Å². The van der Waals surface area contributed by atoms with Crippen LogP contribution in [0.15, 0.2) is 10.9 Å². The van der Waals surface area contributed by atoms with Gasteiger partial charge in [-0.1, -0.05) is 0 Å². The maximum atomic E-state index is 10.9. The predicted octanol–water partition coefficient (Wildman–Crippen LogP) is 0.893. The smallest absolute Gasteiger partial charge is 0.270 e. The van der Waals surface area contributed by atoms with Gasteiger partial charge in [-0.05, 0) is 6.92 Å². The summed E-state index contributed by atoms with van der Waals surface area (Å²) in [6, 6.07) is 0. The molecule has 0 atom stereocenters. The van der Waals surface area contributed by atoms with Crippen molar-refractivity contribution in [2.75, 3.05) is 6.54 Å². The SMILES string of the molecule is CCNC(=O)c1cscn1. The highest BCUT2D eigenvalue weighted by Crippen LogP contribution is 1.99. The van der Waals surface area contributed by atoms with Crippen LogP contribution in [0.3, 0.4) is 0 Å². The minimum atomic E-state index is -0.0937. The molecule has 10 heavy (non-hydrogen) atoms. The number of nitrogens with zero attached hydrogens (tertiary/aromatic N) is 1. The van der Waals surface area contributed by atoms with E-state index in [1.165, 1.54) is 11.3 Å². The van der Waals surface area contributed by atoms with Gasteiger partial charge in [0.2, 0.25) is 0 Å². The van der Waals surface area contributed by atoms with Crippen LogP contribution in [-0.4, -0.2) is 17.4 Å². The van der Waals surface area contributed by atoms with Gasteiger partial charge in [-0.3, -0.25) is 4.79 Å². The van der Waals surface area contributed by atoms with E-state index < -0.39 is 0 Å². The van der Waals surface area contributed by atoms with E-state index in [-0.39, 0.29) is 5.91 Å². The molecule has 0 saturated carbocycles. The Labute approximate surface area is 63.1 Å². The number of nitrogens with one attached hydrogen (secondary N) is 1. The average molecular weight is 156 g/mol. The molecule has 1 rings (SSSR count). The maximum Gasteiger partial charge on any atom is 0.270 e. The van der Waals surface area contributed by atoms with Crippen molar-refractivity contribution in [3.8, 4) is 0 Å². The molecule has 0 aromatic carbocycles. The summed E-state index contributed by atoms with van der Waals surface area (Å²) in [6.45, 7) is 2.53. The molecule has 0 unspecified atom stereocenters. The normalized spacial score (nSPS) is 9.30. The number of hydrogen-bond donors (Lipinski definition) is 1. The zero-order valence-electron chi connectivity index (χ0n) is 5.63. The van der Waals surface area contributed by atoms with E-state index in [0.29, 0.717) is 12.2 Å². The van der Waals surface area contributed by atoms with Gasteiger partial charge in [0, 0.05) is 11.9 Å². The lowest BCUT2D eigenvalue weighted by molar-refractivity contribution is 0.0951. The van der Waals surface area contributed by atoms with Crippen molar-refractivity contribution in [2.45, 2.75) is 6.92 Å². The van der Waals surface area contributed by atoms with Crippen LogP contribution in [0.25, 0.3) is 0 Å². The second-order valence-corrected chi connectivity index (χ2v) is 2.45. The van der Waals surface area contributed by atoms with E-state index >= 15 is 0 Å². The Hall–Kier alpha value is -0.900. The Bertz CT molecular complexity index is 208. The van der Waals surface area contributed by atoms with E-state index in [2.05, 4.69) is 10.3 Å². The molecule has 1 aromatic rings. The number of carbonyl (C=O) groups excluding carboxylic acids is 1. The molecule has 0 fully saturated rings. The van der Waals surface area contributed by atoms with E-state index in [0.717, 1.165) is 0 Å². The van der Waals surface area contributed by atoms with Crippen molar-refractivity contribution >= 4 is 17.2 Å². The summed E-state index contributed by atoms with van der Waals surface area (Å²) < 4.78 is 0. The molecule has 54 valence electrons. The molecular formula is C6H8N2OS. The first-order chi connectivity index (χ1) is 4.84. The highest BCUT2D eigenvalue weighted by molar-refractivity contribution is 7.07. The third-order valence-electron chi connectivity index (χ3n) is 1.00. The maximum absolute atomic E-state index is 10.9. The molecule has 1 amide bonds. The lowest BCUT2D eigenvalue weighted by Crippen LogP contribution is -2.22. The number of carbonyl (C=O) groups is 1. The largest absolute Gasteiger partial charge is 0.351 e. The molecule has 0 bridgehead atoms. The predicted molar refractivity (Wildman–Crippen MR) is 40.1 cm³/mol. The monoisotopic (exact) mass is 156 g/mol. The second kappa shape index (κ2) is 3.31. The molecule has 0 aliphatic rings. The van der Waals surface area contributed by atoms with Crippen LogP contribution in [-0.2, 0) is 0 Å². The Morgan fingerprint density at radius 3 is 3.20 bits per heavy atom.